The van der Waals surface area contributed by atoms with Crippen LogP contribution in [0, 0.1) is 0 Å². The number of anilines is 1. The first-order valence-electron chi connectivity index (χ1n) is 4.83. The van der Waals surface area contributed by atoms with Crippen molar-refractivity contribution < 1.29 is 0 Å². The van der Waals surface area contributed by atoms with Crippen molar-refractivity contribution in [3.63, 3.8) is 0 Å². The second-order valence-electron chi connectivity index (χ2n) is 3.12. The first-order chi connectivity index (χ1) is 6.27. The number of hydrogen-bond donors (Lipinski definition) is 2. The van der Waals surface area contributed by atoms with E-state index in [0.29, 0.717) is 0 Å². The molecular weight excluding hydrogens is 178 g/mol. The Hall–Kier alpha value is -0.630. The molecule has 0 saturated heterocycles. The summed E-state index contributed by atoms with van der Waals surface area (Å²) in [4.78, 5) is 1.02. The topological polar surface area (TPSA) is 12.0 Å². The Morgan fingerprint density at radius 3 is 2.69 bits per heavy atom. The Labute approximate surface area is 86.0 Å². The van der Waals surface area contributed by atoms with Gasteiger partial charge in [-0.25, -0.2) is 0 Å². The summed E-state index contributed by atoms with van der Waals surface area (Å²) in [5, 5.41) is 3.41. The highest BCUT2D eigenvalue weighted by molar-refractivity contribution is 7.80. The summed E-state index contributed by atoms with van der Waals surface area (Å²) >= 11 is 4.32. The molecule has 0 aliphatic rings. The molecule has 0 aliphatic heterocycles. The maximum Gasteiger partial charge on any atom is 0.0383 e. The number of rotatable bonds is 4. The molecule has 0 aliphatic carbocycles. The van der Waals surface area contributed by atoms with Crippen molar-refractivity contribution in [3.8, 4) is 0 Å². The van der Waals surface area contributed by atoms with Crippen LogP contribution in [0.4, 0.5) is 5.69 Å². The fourth-order valence-corrected chi connectivity index (χ4v) is 1.50. The Morgan fingerprint density at radius 2 is 2.08 bits per heavy atom. The molecule has 0 fully saturated rings. The Balaban J connectivity index is 2.81. The van der Waals surface area contributed by atoms with Crippen molar-refractivity contribution in [3.05, 3.63) is 23.8 Å². The van der Waals surface area contributed by atoms with Crippen molar-refractivity contribution >= 4 is 18.3 Å². The zero-order chi connectivity index (χ0) is 9.68. The lowest BCUT2D eigenvalue weighted by Crippen LogP contribution is -2.02. The summed E-state index contributed by atoms with van der Waals surface area (Å²) < 4.78 is 0. The molecular formula is C11H17NS. The standard InChI is InChI=1S/C11H17NS/c1-3-7-12-11-8-10(13)6-5-9(11)4-2/h5-6,8,12-13H,3-4,7H2,1-2H3. The van der Waals surface area contributed by atoms with Crippen LogP contribution >= 0.6 is 12.6 Å². The van der Waals surface area contributed by atoms with Gasteiger partial charge in [-0.1, -0.05) is 19.9 Å². The Morgan fingerprint density at radius 1 is 1.31 bits per heavy atom. The molecule has 2 heteroatoms. The molecule has 0 radical (unpaired) electrons. The van der Waals surface area contributed by atoms with Crippen molar-refractivity contribution in [1.82, 2.24) is 0 Å². The van der Waals surface area contributed by atoms with Gasteiger partial charge in [-0.2, -0.15) is 0 Å². The van der Waals surface area contributed by atoms with Gasteiger partial charge in [0, 0.05) is 17.1 Å². The van der Waals surface area contributed by atoms with E-state index in [1.807, 2.05) is 6.07 Å². The minimum Gasteiger partial charge on any atom is -0.385 e. The maximum absolute atomic E-state index is 4.32. The molecule has 0 amide bonds. The highest BCUT2D eigenvalue weighted by Gasteiger charge is 1.99. The third-order valence-corrected chi connectivity index (χ3v) is 2.32. The number of hydrogen-bond acceptors (Lipinski definition) is 2. The van der Waals surface area contributed by atoms with Gasteiger partial charge < -0.3 is 5.32 Å². The summed E-state index contributed by atoms with van der Waals surface area (Å²) in [6.07, 6.45) is 2.22. The highest BCUT2D eigenvalue weighted by Crippen LogP contribution is 2.20. The third kappa shape index (κ3) is 2.96. The van der Waals surface area contributed by atoms with E-state index in [0.717, 1.165) is 24.3 Å². The van der Waals surface area contributed by atoms with Crippen LogP contribution in [0.3, 0.4) is 0 Å². The van der Waals surface area contributed by atoms with Gasteiger partial charge in [0.1, 0.15) is 0 Å². The van der Waals surface area contributed by atoms with Gasteiger partial charge in [0.25, 0.3) is 0 Å². The minimum absolute atomic E-state index is 1.02. The van der Waals surface area contributed by atoms with Gasteiger partial charge in [-0.15, -0.1) is 12.6 Å². The van der Waals surface area contributed by atoms with Gasteiger partial charge in [0.2, 0.25) is 0 Å². The smallest absolute Gasteiger partial charge is 0.0383 e. The monoisotopic (exact) mass is 195 g/mol. The quantitative estimate of drug-likeness (QED) is 0.702. The van der Waals surface area contributed by atoms with Crippen molar-refractivity contribution in [1.29, 1.82) is 0 Å². The first kappa shape index (κ1) is 10.5. The van der Waals surface area contributed by atoms with E-state index in [4.69, 9.17) is 0 Å². The molecule has 1 aromatic carbocycles. The molecule has 13 heavy (non-hydrogen) atoms. The molecule has 0 aromatic heterocycles. The van der Waals surface area contributed by atoms with Crippen LogP contribution in [0.5, 0.6) is 0 Å². The molecule has 72 valence electrons. The molecule has 0 atom stereocenters. The zero-order valence-corrected chi connectivity index (χ0v) is 9.20. The SMILES string of the molecule is CCCNc1cc(S)ccc1CC. The lowest BCUT2D eigenvalue weighted by atomic mass is 10.1. The van der Waals surface area contributed by atoms with E-state index in [1.54, 1.807) is 0 Å². The highest BCUT2D eigenvalue weighted by atomic mass is 32.1. The van der Waals surface area contributed by atoms with Crippen LogP contribution in [-0.4, -0.2) is 6.54 Å². The fraction of sp³-hybridized carbons (Fsp3) is 0.455. The predicted molar refractivity (Wildman–Crippen MR) is 61.9 cm³/mol. The van der Waals surface area contributed by atoms with E-state index in [9.17, 15) is 0 Å². The second kappa shape index (κ2) is 5.18. The van der Waals surface area contributed by atoms with Crippen LogP contribution in [0.1, 0.15) is 25.8 Å². The van der Waals surface area contributed by atoms with Crippen molar-refractivity contribution in [2.45, 2.75) is 31.6 Å². The number of benzene rings is 1. The zero-order valence-electron chi connectivity index (χ0n) is 8.30. The molecule has 0 bridgehead atoms. The van der Waals surface area contributed by atoms with E-state index in [1.165, 1.54) is 11.3 Å². The van der Waals surface area contributed by atoms with E-state index in [-0.39, 0.29) is 0 Å². The lowest BCUT2D eigenvalue weighted by Gasteiger charge is -2.10. The van der Waals surface area contributed by atoms with E-state index < -0.39 is 0 Å². The molecule has 0 heterocycles. The van der Waals surface area contributed by atoms with Crippen molar-refractivity contribution in [2.75, 3.05) is 11.9 Å². The third-order valence-electron chi connectivity index (χ3n) is 2.04. The summed E-state index contributed by atoms with van der Waals surface area (Å²) in [5.74, 6) is 0. The number of aryl methyl sites for hydroxylation is 1. The van der Waals surface area contributed by atoms with Gasteiger partial charge in [0.15, 0.2) is 0 Å². The lowest BCUT2D eigenvalue weighted by molar-refractivity contribution is 0.971. The van der Waals surface area contributed by atoms with Gasteiger partial charge in [-0.05, 0) is 30.5 Å². The molecule has 1 N–H and O–H groups in total. The molecule has 0 saturated carbocycles. The van der Waals surface area contributed by atoms with Crippen LogP contribution < -0.4 is 5.32 Å². The fourth-order valence-electron chi connectivity index (χ4n) is 1.30. The second-order valence-corrected chi connectivity index (χ2v) is 3.64. The summed E-state index contributed by atoms with van der Waals surface area (Å²) in [6, 6.07) is 6.27. The Kier molecular flexibility index (Phi) is 4.16. The van der Waals surface area contributed by atoms with Gasteiger partial charge in [0.05, 0.1) is 0 Å². The van der Waals surface area contributed by atoms with Crippen LogP contribution in [0.15, 0.2) is 23.1 Å². The number of thiol groups is 1. The molecule has 0 unspecified atom stereocenters. The van der Waals surface area contributed by atoms with Crippen molar-refractivity contribution in [2.24, 2.45) is 0 Å². The Bertz CT molecular complexity index is 271. The minimum atomic E-state index is 1.02. The first-order valence-corrected chi connectivity index (χ1v) is 5.28. The van der Waals surface area contributed by atoms with E-state index in [2.05, 4.69) is 43.9 Å². The van der Waals surface area contributed by atoms with Crippen LogP contribution in [-0.2, 0) is 6.42 Å². The molecule has 1 nitrogen and oxygen atoms in total. The predicted octanol–water partition coefficient (Wildman–Crippen LogP) is 3.36. The molecule has 0 spiro atoms. The van der Waals surface area contributed by atoms with Gasteiger partial charge in [-0.3, -0.25) is 0 Å². The average molecular weight is 195 g/mol. The van der Waals surface area contributed by atoms with Crippen LogP contribution in [0.2, 0.25) is 0 Å². The molecule has 1 aromatic rings. The largest absolute Gasteiger partial charge is 0.385 e. The maximum atomic E-state index is 4.32. The normalized spacial score (nSPS) is 10.1. The van der Waals surface area contributed by atoms with E-state index >= 15 is 0 Å². The summed E-state index contributed by atoms with van der Waals surface area (Å²) in [6.45, 7) is 5.37. The van der Waals surface area contributed by atoms with Crippen LogP contribution in [0.25, 0.3) is 0 Å². The van der Waals surface area contributed by atoms with Gasteiger partial charge >= 0.3 is 0 Å². The average Bonchev–Trinajstić information content (AvgIpc) is 2.15. The summed E-state index contributed by atoms with van der Waals surface area (Å²) in [5.41, 5.74) is 2.60. The number of nitrogens with one attached hydrogen (secondary N) is 1. The summed E-state index contributed by atoms with van der Waals surface area (Å²) in [7, 11) is 0. The molecule has 1 rings (SSSR count).